The lowest BCUT2D eigenvalue weighted by atomic mass is 10.3. The van der Waals surface area contributed by atoms with Crippen LogP contribution in [-0.2, 0) is 0 Å². The summed E-state index contributed by atoms with van der Waals surface area (Å²) in [4.78, 5) is 0.534. The number of hydrogen-bond donors (Lipinski definition) is 0. The Morgan fingerprint density at radius 1 is 0.722 bits per heavy atom. The van der Waals surface area contributed by atoms with Gasteiger partial charge in [-0.3, -0.25) is 0 Å². The second-order valence-corrected chi connectivity index (χ2v) is 6.23. The Morgan fingerprint density at radius 3 is 1.44 bits per heavy atom. The monoisotopic (exact) mass is 322 g/mol. The molecule has 0 saturated carbocycles. The van der Waals surface area contributed by atoms with Gasteiger partial charge in [0.15, 0.2) is 0 Å². The molecule has 0 aliphatic carbocycles. The Bertz CT molecular complexity index is 484. The summed E-state index contributed by atoms with van der Waals surface area (Å²) in [7, 11) is 2.08. The van der Waals surface area contributed by atoms with Crippen LogP contribution in [0.4, 0.5) is 8.78 Å². The van der Waals surface area contributed by atoms with Crippen LogP contribution in [0.5, 0.6) is 0 Å². The van der Waals surface area contributed by atoms with Crippen molar-refractivity contribution in [3.8, 4) is 0 Å². The van der Waals surface area contributed by atoms with Gasteiger partial charge in [-0.25, -0.2) is 8.78 Å². The van der Waals surface area contributed by atoms with Gasteiger partial charge in [0.2, 0.25) is 0 Å². The Hall–Kier alpha value is -0.420. The van der Waals surface area contributed by atoms with Crippen LogP contribution in [0, 0.1) is 11.6 Å². The third kappa shape index (κ3) is 3.12. The first kappa shape index (κ1) is 14.0. The first-order valence-corrected chi connectivity index (χ1v) is 7.72. The van der Waals surface area contributed by atoms with Crippen molar-refractivity contribution in [1.29, 1.82) is 0 Å². The molecule has 0 aromatic heterocycles. The summed E-state index contributed by atoms with van der Waals surface area (Å²) in [5.74, 6) is -0.875. The Morgan fingerprint density at radius 2 is 1.11 bits per heavy atom. The molecule has 6 heteroatoms. The molecule has 2 aromatic carbocycles. The summed E-state index contributed by atoms with van der Waals surface area (Å²) in [6, 6.07) is 8.80. The van der Waals surface area contributed by atoms with Gasteiger partial charge < -0.3 is 0 Å². The molecule has 0 radical (unpaired) electrons. The average molecular weight is 323 g/mol. The van der Waals surface area contributed by atoms with Gasteiger partial charge in [-0.05, 0) is 45.9 Å². The normalized spacial score (nSPS) is 10.7. The molecule has 2 aromatic rings. The van der Waals surface area contributed by atoms with Crippen LogP contribution >= 0.6 is 44.8 Å². The van der Waals surface area contributed by atoms with Crippen molar-refractivity contribution in [1.82, 2.24) is 0 Å². The molecular formula is C12H6Cl2F2S2. The van der Waals surface area contributed by atoms with Crippen LogP contribution in [-0.4, -0.2) is 0 Å². The molecule has 0 saturated heterocycles. The van der Waals surface area contributed by atoms with Crippen LogP contribution in [0.25, 0.3) is 0 Å². The van der Waals surface area contributed by atoms with Crippen LogP contribution in [0.15, 0.2) is 46.2 Å². The molecule has 0 unspecified atom stereocenters. The van der Waals surface area contributed by atoms with E-state index in [4.69, 9.17) is 23.2 Å². The molecular weight excluding hydrogens is 317 g/mol. The quantitative estimate of drug-likeness (QED) is 0.629. The maximum absolute atomic E-state index is 13.5. The molecule has 0 fully saturated rings. The Labute approximate surface area is 121 Å². The maximum atomic E-state index is 13.5. The zero-order valence-corrected chi connectivity index (χ0v) is 11.9. The number of hydrogen-bond acceptors (Lipinski definition) is 2. The van der Waals surface area contributed by atoms with E-state index in [2.05, 4.69) is 0 Å². The minimum Gasteiger partial charge on any atom is -0.206 e. The minimum atomic E-state index is -0.438. The lowest BCUT2D eigenvalue weighted by Crippen LogP contribution is -1.82. The summed E-state index contributed by atoms with van der Waals surface area (Å²) in [6.07, 6.45) is 0. The Kier molecular flexibility index (Phi) is 4.78. The number of rotatable bonds is 3. The second kappa shape index (κ2) is 6.15. The third-order valence-corrected chi connectivity index (χ3v) is 5.40. The highest BCUT2D eigenvalue weighted by Crippen LogP contribution is 2.44. The van der Waals surface area contributed by atoms with Gasteiger partial charge in [0.05, 0.1) is 19.8 Å². The largest absolute Gasteiger partial charge is 0.206 e. The predicted octanol–water partition coefficient (Wildman–Crippen LogP) is 6.07. The second-order valence-electron chi connectivity index (χ2n) is 3.27. The first-order valence-electron chi connectivity index (χ1n) is 4.82. The average Bonchev–Trinajstić information content (AvgIpc) is 2.31. The fourth-order valence-corrected chi connectivity index (χ4v) is 4.31. The predicted molar refractivity (Wildman–Crippen MR) is 74.5 cm³/mol. The highest BCUT2D eigenvalue weighted by Gasteiger charge is 2.12. The summed E-state index contributed by atoms with van der Waals surface area (Å²) < 4.78 is 27.0. The van der Waals surface area contributed by atoms with Crippen molar-refractivity contribution in [2.45, 2.75) is 9.79 Å². The summed E-state index contributed by atoms with van der Waals surface area (Å²) in [6.45, 7) is 0. The van der Waals surface area contributed by atoms with Crippen molar-refractivity contribution in [3.63, 3.8) is 0 Å². The number of halogens is 4. The van der Waals surface area contributed by atoms with Crippen molar-refractivity contribution in [3.05, 3.63) is 58.1 Å². The fourth-order valence-electron chi connectivity index (χ4n) is 1.21. The van der Waals surface area contributed by atoms with E-state index in [0.29, 0.717) is 10.0 Å². The molecule has 2 rings (SSSR count). The molecule has 0 nitrogen and oxygen atoms in total. The van der Waals surface area contributed by atoms with Crippen molar-refractivity contribution >= 4 is 44.8 Å². The lowest BCUT2D eigenvalue weighted by Gasteiger charge is -2.06. The highest BCUT2D eigenvalue weighted by atomic mass is 35.5. The Balaban J connectivity index is 2.22. The highest BCUT2D eigenvalue weighted by molar-refractivity contribution is 8.76. The van der Waals surface area contributed by atoms with Gasteiger partial charge in [0.1, 0.15) is 11.6 Å². The van der Waals surface area contributed by atoms with Gasteiger partial charge in [-0.15, -0.1) is 0 Å². The van der Waals surface area contributed by atoms with Gasteiger partial charge in [-0.1, -0.05) is 35.3 Å². The molecule has 0 heterocycles. The van der Waals surface area contributed by atoms with E-state index >= 15 is 0 Å². The van der Waals surface area contributed by atoms with Crippen molar-refractivity contribution in [2.24, 2.45) is 0 Å². The van der Waals surface area contributed by atoms with Crippen LogP contribution in [0.1, 0.15) is 0 Å². The molecule has 0 spiro atoms. The zero-order valence-electron chi connectivity index (χ0n) is 8.79. The van der Waals surface area contributed by atoms with E-state index in [1.54, 1.807) is 12.1 Å². The van der Waals surface area contributed by atoms with E-state index in [-0.39, 0.29) is 9.79 Å². The standard InChI is InChI=1S/C12H6Cl2F2S2/c13-7-3-1-5-9(15)11(7)17-18-12-8(14)4-2-6-10(12)16/h1-6H. The molecule has 0 bridgehead atoms. The first-order chi connectivity index (χ1) is 8.59. The SMILES string of the molecule is Fc1cccc(Cl)c1SSc1c(F)cccc1Cl. The summed E-state index contributed by atoms with van der Waals surface area (Å²) in [5.41, 5.74) is 0. The van der Waals surface area contributed by atoms with Crippen LogP contribution < -0.4 is 0 Å². The summed E-state index contributed by atoms with van der Waals surface area (Å²) >= 11 is 11.7. The van der Waals surface area contributed by atoms with Gasteiger partial charge in [0.25, 0.3) is 0 Å². The lowest BCUT2D eigenvalue weighted by molar-refractivity contribution is 0.601. The topological polar surface area (TPSA) is 0 Å². The molecule has 18 heavy (non-hydrogen) atoms. The van der Waals surface area contributed by atoms with E-state index in [9.17, 15) is 8.78 Å². The maximum Gasteiger partial charge on any atom is 0.139 e. The molecule has 0 amide bonds. The van der Waals surface area contributed by atoms with Gasteiger partial charge in [0, 0.05) is 0 Å². The van der Waals surface area contributed by atoms with E-state index in [1.807, 2.05) is 0 Å². The third-order valence-electron chi connectivity index (χ3n) is 2.05. The van der Waals surface area contributed by atoms with Crippen molar-refractivity contribution < 1.29 is 8.78 Å². The van der Waals surface area contributed by atoms with Crippen LogP contribution in [0.3, 0.4) is 0 Å². The molecule has 0 N–H and O–H groups in total. The number of benzene rings is 2. The molecule has 0 aliphatic heterocycles. The smallest absolute Gasteiger partial charge is 0.139 e. The van der Waals surface area contributed by atoms with Gasteiger partial charge >= 0.3 is 0 Å². The molecule has 0 atom stereocenters. The van der Waals surface area contributed by atoms with Crippen LogP contribution in [0.2, 0.25) is 10.0 Å². The molecule has 94 valence electrons. The van der Waals surface area contributed by atoms with Crippen molar-refractivity contribution in [2.75, 3.05) is 0 Å². The fraction of sp³-hybridized carbons (Fsp3) is 0. The zero-order chi connectivity index (χ0) is 13.1. The van der Waals surface area contributed by atoms with E-state index < -0.39 is 11.6 Å². The van der Waals surface area contributed by atoms with E-state index in [0.717, 1.165) is 21.6 Å². The molecule has 0 aliphatic rings. The minimum absolute atomic E-state index is 0.267. The van der Waals surface area contributed by atoms with Gasteiger partial charge in [-0.2, -0.15) is 0 Å². The summed E-state index contributed by atoms with van der Waals surface area (Å²) in [5, 5.41) is 0.583. The van der Waals surface area contributed by atoms with E-state index in [1.165, 1.54) is 24.3 Å².